The molecule has 0 aliphatic rings. The Labute approximate surface area is 94.0 Å². The second-order valence-corrected chi connectivity index (χ2v) is 2.07. The molecule has 60 valence electrons. The molecule has 0 radical (unpaired) electrons. The van der Waals surface area contributed by atoms with Gasteiger partial charge in [-0.2, -0.15) is 12.6 Å². The van der Waals surface area contributed by atoms with E-state index in [4.69, 9.17) is 5.73 Å². The molecule has 0 bridgehead atoms. The van der Waals surface area contributed by atoms with E-state index in [-0.39, 0.29) is 36.7 Å². The first kappa shape index (κ1) is 14.0. The largest absolute Gasteiger partial charge is 1.00 e. The fourth-order valence-corrected chi connectivity index (χ4v) is 0.441. The van der Waals surface area contributed by atoms with Gasteiger partial charge in [-0.1, -0.05) is 0 Å². The first-order valence-electron chi connectivity index (χ1n) is 2.66. The third-order valence-electron chi connectivity index (χ3n) is 0.744. The number of nitrogens with two attached hydrogens (primary N) is 1. The van der Waals surface area contributed by atoms with Crippen LogP contribution in [0.5, 0.6) is 0 Å². The van der Waals surface area contributed by atoms with Crippen molar-refractivity contribution in [2.45, 2.75) is 13.0 Å². The Morgan fingerprint density at radius 2 is 2.18 bits per heavy atom. The van der Waals surface area contributed by atoms with Crippen molar-refractivity contribution in [3.63, 3.8) is 0 Å². The van der Waals surface area contributed by atoms with E-state index < -0.39 is 18.0 Å². The normalized spacial score (nSPS) is 11.2. The summed E-state index contributed by atoms with van der Waals surface area (Å²) in [5.41, 5.74) is 5.16. The number of thiol groups is 1. The Morgan fingerprint density at radius 1 is 1.73 bits per heavy atom. The van der Waals surface area contributed by atoms with Gasteiger partial charge in [0.2, 0.25) is 0 Å². The van der Waals surface area contributed by atoms with Gasteiger partial charge in [0, 0.05) is 12.7 Å². The van der Waals surface area contributed by atoms with Gasteiger partial charge in [-0.05, 0) is 0 Å². The van der Waals surface area contributed by atoms with E-state index in [1.54, 1.807) is 0 Å². The summed E-state index contributed by atoms with van der Waals surface area (Å²) in [6.07, 6.45) is 0. The van der Waals surface area contributed by atoms with Crippen LogP contribution < -0.4 is 35.3 Å². The molecule has 0 rings (SSSR count). The molecule has 0 heterocycles. The number of carbonyl (C=O) groups is 2. The van der Waals surface area contributed by atoms with Gasteiger partial charge in [-0.25, -0.2) is 4.79 Å². The van der Waals surface area contributed by atoms with Crippen LogP contribution in [-0.4, -0.2) is 23.7 Å². The molecule has 0 aromatic heterocycles. The molecule has 0 saturated heterocycles. The zero-order valence-electron chi connectivity index (χ0n) is 7.53. The monoisotopic (exact) mass is 187 g/mol. The van der Waals surface area contributed by atoms with E-state index in [0.29, 0.717) is 0 Å². The zero-order chi connectivity index (χ0) is 8.15. The zero-order valence-corrected chi connectivity index (χ0v) is 9.43. The van der Waals surface area contributed by atoms with Crippen LogP contribution in [0.1, 0.15) is 8.35 Å². The van der Waals surface area contributed by atoms with Gasteiger partial charge >= 0.3 is 41.5 Å². The molecule has 0 saturated carbocycles. The predicted molar refractivity (Wildman–Crippen MR) is 39.7 cm³/mol. The summed E-state index contributed by atoms with van der Waals surface area (Å²) in [6, 6.07) is -0.813. The molecule has 0 aromatic carbocycles. The minimum Gasteiger partial charge on any atom is -1.00 e. The third-order valence-corrected chi connectivity index (χ3v) is 1.14. The van der Waals surface area contributed by atoms with Crippen molar-refractivity contribution < 1.29 is 45.3 Å². The summed E-state index contributed by atoms with van der Waals surface area (Å²) in [5, 5.41) is 0. The summed E-state index contributed by atoms with van der Waals surface area (Å²) in [7, 11) is 0. The fourth-order valence-electron chi connectivity index (χ4n) is 0.292. The van der Waals surface area contributed by atoms with Gasteiger partial charge in [0.05, 0.1) is 0 Å². The Kier molecular flexibility index (Phi) is 9.06. The van der Waals surface area contributed by atoms with Crippen LogP contribution in [-0.2, 0) is 14.3 Å². The molecular formula is C5H10NNaO3S. The van der Waals surface area contributed by atoms with Crippen LogP contribution in [0.3, 0.4) is 0 Å². The molecule has 0 fully saturated rings. The number of rotatable bonds is 2. The molecule has 0 aromatic rings. The Morgan fingerprint density at radius 3 is 2.45 bits per heavy atom. The maximum atomic E-state index is 10.6. The molecule has 11 heavy (non-hydrogen) atoms. The summed E-state index contributed by atoms with van der Waals surface area (Å²) < 4.78 is 4.15. The number of esters is 2. The van der Waals surface area contributed by atoms with Crippen LogP contribution >= 0.6 is 12.6 Å². The summed E-state index contributed by atoms with van der Waals surface area (Å²) >= 11 is 3.74. The fraction of sp³-hybridized carbons (Fsp3) is 0.600. The number of ether oxygens (including phenoxy) is 1. The van der Waals surface area contributed by atoms with Crippen LogP contribution in [0.25, 0.3) is 0 Å². The molecule has 2 N–H and O–H groups in total. The van der Waals surface area contributed by atoms with Crippen molar-refractivity contribution in [1.29, 1.82) is 0 Å². The second kappa shape index (κ2) is 7.12. The predicted octanol–water partition coefficient (Wildman–Crippen LogP) is -3.55. The van der Waals surface area contributed by atoms with Crippen molar-refractivity contribution in [3.8, 4) is 0 Å². The minimum absolute atomic E-state index is 0. The van der Waals surface area contributed by atoms with Gasteiger partial charge in [-0.3, -0.25) is 4.79 Å². The quantitative estimate of drug-likeness (QED) is 0.203. The second-order valence-electron chi connectivity index (χ2n) is 1.70. The molecule has 6 heteroatoms. The average molecular weight is 187 g/mol. The average Bonchev–Trinajstić information content (AvgIpc) is 1.85. The van der Waals surface area contributed by atoms with Crippen LogP contribution in [0.2, 0.25) is 0 Å². The molecule has 0 unspecified atom stereocenters. The summed E-state index contributed by atoms with van der Waals surface area (Å²) in [4.78, 5) is 20.7. The van der Waals surface area contributed by atoms with Crippen molar-refractivity contribution in [2.24, 2.45) is 5.73 Å². The third kappa shape index (κ3) is 6.83. The first-order valence-corrected chi connectivity index (χ1v) is 3.30. The maximum Gasteiger partial charge on any atom is 1.00 e. The van der Waals surface area contributed by atoms with Gasteiger partial charge < -0.3 is 11.9 Å². The molecule has 4 nitrogen and oxygen atoms in total. The minimum atomic E-state index is -0.813. The molecular weight excluding hydrogens is 177 g/mol. The molecule has 1 atom stereocenters. The Hall–Kier alpha value is 0.450. The first-order chi connectivity index (χ1) is 4.57. The number of hydrogen-bond acceptors (Lipinski definition) is 5. The summed E-state index contributed by atoms with van der Waals surface area (Å²) in [6.45, 7) is 1.14. The standard InChI is InChI=1S/C5H9NO3S.Na.H/c1-3(7)9-5(8)4(6)2-10;;/h4,10H,2,6H2,1H3;;/q;+1;-1/t4-;;/m0../s1. The Balaban J connectivity index is -0.000000405. The van der Waals surface area contributed by atoms with E-state index in [1.807, 2.05) is 0 Å². The molecule has 0 aliphatic carbocycles. The van der Waals surface area contributed by atoms with Gasteiger partial charge in [-0.15, -0.1) is 0 Å². The van der Waals surface area contributed by atoms with Crippen molar-refractivity contribution in [2.75, 3.05) is 5.75 Å². The van der Waals surface area contributed by atoms with Crippen molar-refractivity contribution in [3.05, 3.63) is 0 Å². The smallest absolute Gasteiger partial charge is 1.00 e. The number of carbonyl (C=O) groups excluding carboxylic acids is 2. The van der Waals surface area contributed by atoms with Gasteiger partial charge in [0.1, 0.15) is 6.04 Å². The molecule has 0 aliphatic heterocycles. The van der Waals surface area contributed by atoms with Crippen molar-refractivity contribution >= 4 is 24.6 Å². The van der Waals surface area contributed by atoms with Gasteiger partial charge in [0.25, 0.3) is 0 Å². The van der Waals surface area contributed by atoms with E-state index >= 15 is 0 Å². The van der Waals surface area contributed by atoms with E-state index in [0.717, 1.165) is 6.92 Å². The molecule has 0 spiro atoms. The SMILES string of the molecule is CC(=O)OC(=O)[C@@H](N)CS.[H-].[Na+]. The maximum absolute atomic E-state index is 10.6. The Bertz CT molecular complexity index is 158. The van der Waals surface area contributed by atoms with Crippen LogP contribution in [0.15, 0.2) is 0 Å². The van der Waals surface area contributed by atoms with E-state index in [2.05, 4.69) is 17.4 Å². The number of hydrogen-bond donors (Lipinski definition) is 2. The van der Waals surface area contributed by atoms with E-state index in [1.165, 1.54) is 0 Å². The van der Waals surface area contributed by atoms with Crippen LogP contribution in [0, 0.1) is 0 Å². The van der Waals surface area contributed by atoms with Gasteiger partial charge in [0.15, 0.2) is 0 Å². The summed E-state index contributed by atoms with van der Waals surface area (Å²) in [5.74, 6) is -1.21. The van der Waals surface area contributed by atoms with Crippen molar-refractivity contribution in [1.82, 2.24) is 0 Å². The van der Waals surface area contributed by atoms with E-state index in [9.17, 15) is 9.59 Å². The topological polar surface area (TPSA) is 69.4 Å². The molecule has 0 amide bonds. The van der Waals surface area contributed by atoms with Crippen LogP contribution in [0.4, 0.5) is 0 Å².